The molecule has 0 aliphatic carbocycles. The van der Waals surface area contributed by atoms with Gasteiger partial charge in [0.1, 0.15) is 24.3 Å². The summed E-state index contributed by atoms with van der Waals surface area (Å²) in [5.74, 6) is -1.76. The molecule has 0 aliphatic rings. The molecule has 2 aromatic carbocycles. The fourth-order valence-corrected chi connectivity index (χ4v) is 3.38. The van der Waals surface area contributed by atoms with Crippen molar-refractivity contribution in [2.45, 2.75) is 25.4 Å². The lowest BCUT2D eigenvalue weighted by molar-refractivity contribution is -0.384. The number of hydrogen-bond donors (Lipinski definition) is 0. The highest BCUT2D eigenvalue weighted by Gasteiger charge is 2.26. The summed E-state index contributed by atoms with van der Waals surface area (Å²) in [4.78, 5) is 14.5. The van der Waals surface area contributed by atoms with Crippen LogP contribution in [0.1, 0.15) is 24.4 Å². The molecule has 2 heterocycles. The summed E-state index contributed by atoms with van der Waals surface area (Å²) in [5.41, 5.74) is 0.870. The summed E-state index contributed by atoms with van der Waals surface area (Å²) in [7, 11) is 0. The van der Waals surface area contributed by atoms with Crippen molar-refractivity contribution < 1.29 is 13.7 Å². The second kappa shape index (κ2) is 7.38. The predicted molar refractivity (Wildman–Crippen MR) is 100 cm³/mol. The van der Waals surface area contributed by atoms with Crippen LogP contribution in [0.2, 0.25) is 0 Å². The number of non-ortho nitro benzene ring substituents is 1. The molecule has 2 atom stereocenters. The number of benzene rings is 2. The maximum Gasteiger partial charge on any atom is 0.270 e. The van der Waals surface area contributed by atoms with Gasteiger partial charge in [-0.3, -0.25) is 19.5 Å². The van der Waals surface area contributed by atoms with Crippen LogP contribution in [-0.4, -0.2) is 29.5 Å². The zero-order valence-electron chi connectivity index (χ0n) is 15.3. The Morgan fingerprint density at radius 2 is 2.03 bits per heavy atom. The van der Waals surface area contributed by atoms with Crippen LogP contribution in [0.4, 0.5) is 14.5 Å². The van der Waals surface area contributed by atoms with Crippen LogP contribution in [0.25, 0.3) is 10.9 Å². The van der Waals surface area contributed by atoms with Crippen LogP contribution in [-0.2, 0) is 6.54 Å². The third-order valence-corrected chi connectivity index (χ3v) is 4.93. The maximum absolute atomic E-state index is 14.6. The van der Waals surface area contributed by atoms with Crippen molar-refractivity contribution in [2.75, 3.05) is 0 Å². The van der Waals surface area contributed by atoms with Crippen molar-refractivity contribution >= 4 is 16.6 Å². The minimum atomic E-state index is -0.658. The summed E-state index contributed by atoms with van der Waals surface area (Å²) >= 11 is 0. The Bertz CT molecular complexity index is 1170. The summed E-state index contributed by atoms with van der Waals surface area (Å²) < 4.78 is 31.2. The predicted octanol–water partition coefficient (Wildman–Crippen LogP) is 3.86. The molecular formula is C19H16F2N6O2. The van der Waals surface area contributed by atoms with Crippen molar-refractivity contribution in [2.24, 2.45) is 0 Å². The van der Waals surface area contributed by atoms with Gasteiger partial charge >= 0.3 is 0 Å². The molecule has 148 valence electrons. The highest BCUT2D eigenvalue weighted by Crippen LogP contribution is 2.33. The lowest BCUT2D eigenvalue weighted by atomic mass is 9.91. The first kappa shape index (κ1) is 18.7. The van der Waals surface area contributed by atoms with E-state index in [2.05, 4.69) is 15.2 Å². The van der Waals surface area contributed by atoms with E-state index in [0.717, 1.165) is 6.07 Å². The maximum atomic E-state index is 14.6. The second-order valence-corrected chi connectivity index (χ2v) is 6.74. The molecule has 2 aromatic heterocycles. The number of nitro benzene ring substituents is 1. The number of hydrogen-bond acceptors (Lipinski definition) is 5. The van der Waals surface area contributed by atoms with Gasteiger partial charge in [0, 0.05) is 35.7 Å². The summed E-state index contributed by atoms with van der Waals surface area (Å²) in [6.45, 7) is 2.14. The van der Waals surface area contributed by atoms with Crippen molar-refractivity contribution in [3.05, 3.63) is 82.6 Å². The smallest absolute Gasteiger partial charge is 0.268 e. The molecule has 0 spiro atoms. The largest absolute Gasteiger partial charge is 0.270 e. The van der Waals surface area contributed by atoms with E-state index in [0.29, 0.717) is 23.0 Å². The van der Waals surface area contributed by atoms with Gasteiger partial charge in [-0.25, -0.2) is 13.8 Å². The molecule has 0 radical (unpaired) electrons. The van der Waals surface area contributed by atoms with Crippen LogP contribution in [0.3, 0.4) is 0 Å². The van der Waals surface area contributed by atoms with E-state index < -0.39 is 22.5 Å². The Balaban J connectivity index is 1.75. The van der Waals surface area contributed by atoms with E-state index in [1.54, 1.807) is 21.6 Å². The number of rotatable bonds is 6. The van der Waals surface area contributed by atoms with E-state index in [1.165, 1.54) is 36.9 Å². The zero-order chi connectivity index (χ0) is 20.5. The molecule has 8 nitrogen and oxygen atoms in total. The van der Waals surface area contributed by atoms with Gasteiger partial charge in [-0.1, -0.05) is 6.07 Å². The highest BCUT2D eigenvalue weighted by atomic mass is 19.1. The first-order valence-corrected chi connectivity index (χ1v) is 8.83. The Morgan fingerprint density at radius 1 is 1.21 bits per heavy atom. The van der Waals surface area contributed by atoms with Crippen LogP contribution in [0, 0.1) is 21.7 Å². The topological polar surface area (TPSA) is 91.7 Å². The molecule has 0 N–H and O–H groups in total. The van der Waals surface area contributed by atoms with Crippen molar-refractivity contribution in [3.8, 4) is 0 Å². The molecule has 4 rings (SSSR count). The van der Waals surface area contributed by atoms with Gasteiger partial charge in [0.25, 0.3) is 5.69 Å². The molecule has 0 amide bonds. The average Bonchev–Trinajstić information content (AvgIpc) is 3.35. The third-order valence-electron chi connectivity index (χ3n) is 4.93. The first-order chi connectivity index (χ1) is 13.9. The molecule has 0 saturated heterocycles. The normalized spacial score (nSPS) is 13.5. The van der Waals surface area contributed by atoms with Gasteiger partial charge in [0.05, 0.1) is 23.0 Å². The Labute approximate surface area is 163 Å². The lowest BCUT2D eigenvalue weighted by Gasteiger charge is -2.25. The van der Waals surface area contributed by atoms with Crippen molar-refractivity contribution in [1.82, 2.24) is 24.5 Å². The zero-order valence-corrected chi connectivity index (χ0v) is 15.3. The van der Waals surface area contributed by atoms with Gasteiger partial charge in [0.2, 0.25) is 0 Å². The molecule has 0 aliphatic heterocycles. The van der Waals surface area contributed by atoms with Gasteiger partial charge < -0.3 is 0 Å². The second-order valence-electron chi connectivity index (χ2n) is 6.74. The van der Waals surface area contributed by atoms with E-state index >= 15 is 0 Å². The summed E-state index contributed by atoms with van der Waals surface area (Å²) in [5, 5.41) is 20.2. The van der Waals surface area contributed by atoms with E-state index in [4.69, 9.17) is 0 Å². The van der Waals surface area contributed by atoms with Gasteiger partial charge in [-0.15, -0.1) is 0 Å². The third kappa shape index (κ3) is 3.68. The van der Waals surface area contributed by atoms with Crippen LogP contribution >= 0.6 is 0 Å². The molecule has 0 bridgehead atoms. The van der Waals surface area contributed by atoms with Crippen molar-refractivity contribution in [1.29, 1.82) is 0 Å². The van der Waals surface area contributed by atoms with E-state index in [1.807, 2.05) is 6.92 Å². The van der Waals surface area contributed by atoms with Crippen LogP contribution < -0.4 is 0 Å². The van der Waals surface area contributed by atoms with Crippen LogP contribution in [0.5, 0.6) is 0 Å². The van der Waals surface area contributed by atoms with Crippen molar-refractivity contribution in [3.63, 3.8) is 0 Å². The monoisotopic (exact) mass is 398 g/mol. The summed E-state index contributed by atoms with van der Waals surface area (Å²) in [6, 6.07) is 7.51. The molecule has 0 unspecified atom stereocenters. The first-order valence-electron chi connectivity index (χ1n) is 8.83. The summed E-state index contributed by atoms with van der Waals surface area (Å²) in [6.07, 6.45) is 4.58. The quantitative estimate of drug-likeness (QED) is 0.363. The molecule has 29 heavy (non-hydrogen) atoms. The molecular weight excluding hydrogens is 382 g/mol. The minimum absolute atomic E-state index is 0.0338. The SMILES string of the molecule is C[C@H]([C@@H](Cn1cncn1)c1ccc(F)cc1F)n1cc2cc([N+](=O)[O-])ccc2n1. The van der Waals surface area contributed by atoms with E-state index in [-0.39, 0.29) is 11.7 Å². The fourth-order valence-electron chi connectivity index (χ4n) is 3.38. The molecule has 10 heteroatoms. The Morgan fingerprint density at radius 3 is 2.72 bits per heavy atom. The van der Waals surface area contributed by atoms with Crippen LogP contribution in [0.15, 0.2) is 55.2 Å². The van der Waals surface area contributed by atoms with Gasteiger partial charge in [-0.2, -0.15) is 10.2 Å². The number of aromatic nitrogens is 5. The van der Waals surface area contributed by atoms with Gasteiger partial charge in [-0.05, 0) is 24.6 Å². The minimum Gasteiger partial charge on any atom is -0.268 e. The van der Waals surface area contributed by atoms with Gasteiger partial charge in [0.15, 0.2) is 0 Å². The standard InChI is InChI=1S/C19H16F2N6O2/c1-12(26-8-13-6-15(27(28)29)3-5-19(13)24-26)17(9-25-11-22-10-23-25)16-4-2-14(20)7-18(16)21/h2-8,10-12,17H,9H2,1H3/t12-,17-/m1/s1. The Hall–Kier alpha value is -3.69. The molecule has 0 fully saturated rings. The molecule has 4 aromatic rings. The van der Waals surface area contributed by atoms with E-state index in [9.17, 15) is 18.9 Å². The molecule has 0 saturated carbocycles. The highest BCUT2D eigenvalue weighted by molar-refractivity contribution is 5.80. The number of nitro groups is 1. The number of nitrogens with zero attached hydrogens (tertiary/aromatic N) is 6. The Kier molecular flexibility index (Phi) is 4.75. The fraction of sp³-hybridized carbons (Fsp3) is 0.211. The number of halogens is 2. The average molecular weight is 398 g/mol. The lowest BCUT2D eigenvalue weighted by Crippen LogP contribution is -2.22. The number of fused-ring (bicyclic) bond motifs is 1.